The zero-order valence-electron chi connectivity index (χ0n) is 15.7. The number of aliphatic hydroxyl groups is 1. The summed E-state index contributed by atoms with van der Waals surface area (Å²) in [5.41, 5.74) is 1.88. The SMILES string of the molecule is COCCCN1C(=O)C(O)=C(C(=O)c2ccc(C)o2)[C@H]1c1ccc(C)cc1. The molecule has 0 fully saturated rings. The summed E-state index contributed by atoms with van der Waals surface area (Å²) in [6.07, 6.45) is 0.596. The van der Waals surface area contributed by atoms with Crippen LogP contribution in [0.1, 0.15) is 39.9 Å². The second-order valence-corrected chi connectivity index (χ2v) is 6.66. The Balaban J connectivity index is 2.03. The molecule has 1 aromatic carbocycles. The van der Waals surface area contributed by atoms with E-state index in [1.165, 1.54) is 4.90 Å². The van der Waals surface area contributed by atoms with Gasteiger partial charge in [-0.25, -0.2) is 0 Å². The summed E-state index contributed by atoms with van der Waals surface area (Å²) in [4.78, 5) is 27.2. The van der Waals surface area contributed by atoms with Gasteiger partial charge < -0.3 is 19.2 Å². The van der Waals surface area contributed by atoms with Gasteiger partial charge in [0.15, 0.2) is 11.5 Å². The summed E-state index contributed by atoms with van der Waals surface area (Å²) < 4.78 is 10.5. The van der Waals surface area contributed by atoms with Crippen LogP contribution in [0.15, 0.2) is 52.1 Å². The third kappa shape index (κ3) is 3.66. The van der Waals surface area contributed by atoms with Crippen molar-refractivity contribution in [3.8, 4) is 0 Å². The minimum Gasteiger partial charge on any atom is -0.503 e. The number of carbonyl (C=O) groups excluding carboxylic acids is 2. The van der Waals surface area contributed by atoms with E-state index in [-0.39, 0.29) is 11.3 Å². The highest BCUT2D eigenvalue weighted by Crippen LogP contribution is 2.39. The number of rotatable bonds is 7. The van der Waals surface area contributed by atoms with Gasteiger partial charge in [0.05, 0.1) is 11.6 Å². The van der Waals surface area contributed by atoms with Gasteiger partial charge in [-0.2, -0.15) is 0 Å². The van der Waals surface area contributed by atoms with Crippen LogP contribution < -0.4 is 0 Å². The van der Waals surface area contributed by atoms with E-state index in [0.29, 0.717) is 25.3 Å². The van der Waals surface area contributed by atoms with Crippen LogP contribution in [-0.2, 0) is 9.53 Å². The fourth-order valence-corrected chi connectivity index (χ4v) is 3.28. The molecular formula is C21H23NO5. The Morgan fingerprint density at radius 3 is 2.48 bits per heavy atom. The molecule has 6 nitrogen and oxygen atoms in total. The van der Waals surface area contributed by atoms with E-state index in [2.05, 4.69) is 0 Å². The first-order chi connectivity index (χ1) is 12.9. The average Bonchev–Trinajstić information content (AvgIpc) is 3.19. The van der Waals surface area contributed by atoms with Crippen LogP contribution >= 0.6 is 0 Å². The Hall–Kier alpha value is -2.86. The van der Waals surface area contributed by atoms with Crippen molar-refractivity contribution in [2.75, 3.05) is 20.3 Å². The molecular weight excluding hydrogens is 346 g/mol. The van der Waals surface area contributed by atoms with E-state index >= 15 is 0 Å². The average molecular weight is 369 g/mol. The second-order valence-electron chi connectivity index (χ2n) is 6.66. The lowest BCUT2D eigenvalue weighted by molar-refractivity contribution is -0.129. The molecule has 142 valence electrons. The first kappa shape index (κ1) is 18.9. The highest BCUT2D eigenvalue weighted by molar-refractivity contribution is 6.15. The Morgan fingerprint density at radius 1 is 1.19 bits per heavy atom. The molecule has 0 saturated carbocycles. The van der Waals surface area contributed by atoms with Crippen LogP contribution in [0.2, 0.25) is 0 Å². The predicted molar refractivity (Wildman–Crippen MR) is 99.6 cm³/mol. The van der Waals surface area contributed by atoms with E-state index in [1.54, 1.807) is 26.2 Å². The van der Waals surface area contributed by atoms with Crippen LogP contribution in [0.4, 0.5) is 0 Å². The maximum Gasteiger partial charge on any atom is 0.290 e. The minimum atomic E-state index is -0.659. The molecule has 1 atom stereocenters. The molecule has 1 N–H and O–H groups in total. The molecule has 0 spiro atoms. The molecule has 1 aliphatic rings. The number of carbonyl (C=O) groups is 2. The summed E-state index contributed by atoms with van der Waals surface area (Å²) in [5.74, 6) is -0.849. The number of aryl methyl sites for hydroxylation is 2. The van der Waals surface area contributed by atoms with Crippen molar-refractivity contribution in [1.29, 1.82) is 0 Å². The molecule has 2 heterocycles. The number of benzene rings is 1. The highest BCUT2D eigenvalue weighted by atomic mass is 16.5. The number of Topliss-reactive ketones (excluding diaryl/α,β-unsaturated/α-hetero) is 1. The molecule has 0 unspecified atom stereocenters. The number of hydrogen-bond acceptors (Lipinski definition) is 5. The molecule has 0 radical (unpaired) electrons. The molecule has 3 rings (SSSR count). The van der Waals surface area contributed by atoms with Crippen LogP contribution in [0.5, 0.6) is 0 Å². The Bertz CT molecular complexity index is 878. The van der Waals surface area contributed by atoms with Gasteiger partial charge in [0.1, 0.15) is 5.76 Å². The Morgan fingerprint density at radius 2 is 1.89 bits per heavy atom. The zero-order chi connectivity index (χ0) is 19.6. The van der Waals surface area contributed by atoms with E-state index in [9.17, 15) is 14.7 Å². The van der Waals surface area contributed by atoms with Gasteiger partial charge in [0, 0.05) is 20.3 Å². The normalized spacial score (nSPS) is 17.1. The molecule has 2 aromatic rings. The van der Waals surface area contributed by atoms with Crippen LogP contribution in [0.25, 0.3) is 0 Å². The monoisotopic (exact) mass is 369 g/mol. The molecule has 0 saturated heterocycles. The maximum absolute atomic E-state index is 13.0. The molecule has 0 bridgehead atoms. The number of aliphatic hydroxyl groups excluding tert-OH is 1. The van der Waals surface area contributed by atoms with Crippen LogP contribution in [0, 0.1) is 13.8 Å². The highest BCUT2D eigenvalue weighted by Gasteiger charge is 2.44. The third-order valence-corrected chi connectivity index (χ3v) is 4.65. The van der Waals surface area contributed by atoms with E-state index in [4.69, 9.17) is 9.15 Å². The first-order valence-corrected chi connectivity index (χ1v) is 8.84. The Kier molecular flexibility index (Phi) is 5.46. The molecule has 6 heteroatoms. The molecule has 1 amide bonds. The van der Waals surface area contributed by atoms with Crippen molar-refractivity contribution in [3.63, 3.8) is 0 Å². The maximum atomic E-state index is 13.0. The van der Waals surface area contributed by atoms with Gasteiger partial charge in [-0.3, -0.25) is 9.59 Å². The van der Waals surface area contributed by atoms with Crippen molar-refractivity contribution < 1.29 is 23.8 Å². The number of furan rings is 1. The number of ketones is 1. The van der Waals surface area contributed by atoms with Gasteiger partial charge in [-0.05, 0) is 38.0 Å². The second kappa shape index (κ2) is 7.80. The van der Waals surface area contributed by atoms with Crippen molar-refractivity contribution in [2.45, 2.75) is 26.3 Å². The van der Waals surface area contributed by atoms with Crippen molar-refractivity contribution in [2.24, 2.45) is 0 Å². The number of ether oxygens (including phenoxy) is 1. The summed E-state index contributed by atoms with van der Waals surface area (Å²) >= 11 is 0. The number of methoxy groups -OCH3 is 1. The van der Waals surface area contributed by atoms with E-state index in [0.717, 1.165) is 11.1 Å². The standard InChI is InChI=1S/C21H23NO5/c1-13-5-8-15(9-6-13)18-17(19(23)16-10-7-14(2)27-16)20(24)21(25)22(18)11-4-12-26-3/h5-10,18,24H,4,11-12H2,1-3H3/t18-/m1/s1. The zero-order valence-corrected chi connectivity index (χ0v) is 15.7. The summed E-state index contributed by atoms with van der Waals surface area (Å²) in [5, 5.41) is 10.5. The molecule has 0 aliphatic carbocycles. The third-order valence-electron chi connectivity index (χ3n) is 4.65. The predicted octanol–water partition coefficient (Wildman–Crippen LogP) is 3.51. The lowest BCUT2D eigenvalue weighted by Crippen LogP contribution is -2.32. The number of nitrogens with zero attached hydrogens (tertiary/aromatic N) is 1. The topological polar surface area (TPSA) is 80.0 Å². The summed E-state index contributed by atoms with van der Waals surface area (Å²) in [6.45, 7) is 4.54. The van der Waals surface area contributed by atoms with Crippen LogP contribution in [-0.4, -0.2) is 42.0 Å². The van der Waals surface area contributed by atoms with Gasteiger partial charge in [0.2, 0.25) is 5.78 Å². The smallest absolute Gasteiger partial charge is 0.290 e. The summed E-state index contributed by atoms with van der Waals surface area (Å²) in [7, 11) is 1.59. The number of hydrogen-bond donors (Lipinski definition) is 1. The Labute approximate surface area is 158 Å². The fraction of sp³-hybridized carbons (Fsp3) is 0.333. The van der Waals surface area contributed by atoms with Gasteiger partial charge in [-0.15, -0.1) is 0 Å². The van der Waals surface area contributed by atoms with Crippen molar-refractivity contribution in [1.82, 2.24) is 4.90 Å². The lowest BCUT2D eigenvalue weighted by Gasteiger charge is -2.26. The molecule has 1 aromatic heterocycles. The summed E-state index contributed by atoms with van der Waals surface area (Å²) in [6, 6.07) is 10.2. The molecule has 1 aliphatic heterocycles. The van der Waals surface area contributed by atoms with Gasteiger partial charge in [-0.1, -0.05) is 29.8 Å². The van der Waals surface area contributed by atoms with Crippen molar-refractivity contribution >= 4 is 11.7 Å². The minimum absolute atomic E-state index is 0.0515. The van der Waals surface area contributed by atoms with Gasteiger partial charge >= 0.3 is 0 Å². The van der Waals surface area contributed by atoms with Crippen molar-refractivity contribution in [3.05, 3.63) is 70.4 Å². The van der Waals surface area contributed by atoms with E-state index < -0.39 is 23.5 Å². The van der Waals surface area contributed by atoms with E-state index in [1.807, 2.05) is 31.2 Å². The molecule has 27 heavy (non-hydrogen) atoms. The number of amides is 1. The van der Waals surface area contributed by atoms with Gasteiger partial charge in [0.25, 0.3) is 5.91 Å². The fourth-order valence-electron chi connectivity index (χ4n) is 3.28. The quantitative estimate of drug-likeness (QED) is 0.597. The van der Waals surface area contributed by atoms with Crippen LogP contribution in [0.3, 0.4) is 0 Å². The lowest BCUT2D eigenvalue weighted by atomic mass is 9.94. The first-order valence-electron chi connectivity index (χ1n) is 8.84. The largest absolute Gasteiger partial charge is 0.503 e.